The van der Waals surface area contributed by atoms with Crippen molar-refractivity contribution in [3.63, 3.8) is 0 Å². The summed E-state index contributed by atoms with van der Waals surface area (Å²) < 4.78 is 31.5. The van der Waals surface area contributed by atoms with Crippen LogP contribution in [0.25, 0.3) is 0 Å². The van der Waals surface area contributed by atoms with Crippen LogP contribution in [-0.2, 0) is 0 Å². The number of rotatable bonds is 3. The first-order valence-corrected chi connectivity index (χ1v) is 6.08. The molecule has 17 heavy (non-hydrogen) atoms. The number of benzene rings is 1. The molecular weight excluding hydrogens is 314 g/mol. The number of thiophene rings is 1. The van der Waals surface area contributed by atoms with Crippen LogP contribution in [0.15, 0.2) is 28.7 Å². The largest absolute Gasteiger partial charge is 0.447 e. The fourth-order valence-electron chi connectivity index (χ4n) is 1.15. The van der Waals surface area contributed by atoms with Crippen molar-refractivity contribution < 1.29 is 18.3 Å². The third-order valence-corrected chi connectivity index (χ3v) is 3.76. The third-order valence-electron chi connectivity index (χ3n) is 1.91. The van der Waals surface area contributed by atoms with E-state index in [2.05, 4.69) is 15.9 Å². The maximum Gasteiger partial charge on any atom is 0.182 e. The van der Waals surface area contributed by atoms with Crippen LogP contribution in [0.5, 0.6) is 10.8 Å². The van der Waals surface area contributed by atoms with E-state index in [-0.39, 0.29) is 5.75 Å². The van der Waals surface area contributed by atoms with Gasteiger partial charge in [-0.25, -0.2) is 8.78 Å². The highest BCUT2D eigenvalue weighted by atomic mass is 79.9. The highest BCUT2D eigenvalue weighted by molar-refractivity contribution is 9.10. The third kappa shape index (κ3) is 2.70. The number of halogens is 3. The molecular formula is C11H5BrF2O2S. The summed E-state index contributed by atoms with van der Waals surface area (Å²) in [4.78, 5) is 11.1. The molecule has 2 nitrogen and oxygen atoms in total. The SMILES string of the molecule is O=Cc1sc(Oc2ccc(F)c(F)c2)cc1Br. The molecule has 0 amide bonds. The van der Waals surface area contributed by atoms with Crippen molar-refractivity contribution in [3.8, 4) is 10.8 Å². The molecule has 0 radical (unpaired) electrons. The Bertz CT molecular complexity index is 569. The fourth-order valence-corrected chi connectivity index (χ4v) is 2.58. The lowest BCUT2D eigenvalue weighted by atomic mass is 10.3. The van der Waals surface area contributed by atoms with Gasteiger partial charge < -0.3 is 4.74 Å². The zero-order chi connectivity index (χ0) is 12.4. The number of hydrogen-bond donors (Lipinski definition) is 0. The van der Waals surface area contributed by atoms with Crippen molar-refractivity contribution in [1.29, 1.82) is 0 Å². The van der Waals surface area contributed by atoms with Crippen molar-refractivity contribution in [2.75, 3.05) is 0 Å². The molecule has 0 aliphatic heterocycles. The molecule has 1 aromatic heterocycles. The Morgan fingerprint density at radius 2 is 2.00 bits per heavy atom. The molecule has 2 rings (SSSR count). The van der Waals surface area contributed by atoms with E-state index in [1.807, 2.05) is 0 Å². The van der Waals surface area contributed by atoms with E-state index >= 15 is 0 Å². The second-order valence-corrected chi connectivity index (χ2v) is 4.97. The highest BCUT2D eigenvalue weighted by Crippen LogP contribution is 2.35. The topological polar surface area (TPSA) is 26.3 Å². The van der Waals surface area contributed by atoms with Gasteiger partial charge in [-0.2, -0.15) is 0 Å². The summed E-state index contributed by atoms with van der Waals surface area (Å²) in [5.74, 6) is -1.73. The predicted molar refractivity (Wildman–Crippen MR) is 63.8 cm³/mol. The summed E-state index contributed by atoms with van der Waals surface area (Å²) in [7, 11) is 0. The van der Waals surface area contributed by atoms with Crippen LogP contribution >= 0.6 is 27.3 Å². The van der Waals surface area contributed by atoms with Crippen LogP contribution in [0.4, 0.5) is 8.78 Å². The summed E-state index contributed by atoms with van der Waals surface area (Å²) >= 11 is 4.29. The summed E-state index contributed by atoms with van der Waals surface area (Å²) in [6.07, 6.45) is 0.687. The normalized spacial score (nSPS) is 10.3. The van der Waals surface area contributed by atoms with E-state index in [1.165, 1.54) is 6.07 Å². The standard InChI is InChI=1S/C11H5BrF2O2S/c12-7-4-11(17-10(7)5-15)16-6-1-2-8(13)9(14)3-6/h1-5H. The molecule has 88 valence electrons. The average molecular weight is 319 g/mol. The highest BCUT2D eigenvalue weighted by Gasteiger charge is 2.09. The van der Waals surface area contributed by atoms with E-state index in [1.54, 1.807) is 6.07 Å². The zero-order valence-electron chi connectivity index (χ0n) is 8.25. The van der Waals surface area contributed by atoms with Crippen molar-refractivity contribution in [2.45, 2.75) is 0 Å². The molecule has 0 saturated heterocycles. The van der Waals surface area contributed by atoms with Gasteiger partial charge in [0.15, 0.2) is 23.0 Å². The first-order valence-electron chi connectivity index (χ1n) is 4.47. The van der Waals surface area contributed by atoms with Gasteiger partial charge in [-0.3, -0.25) is 4.79 Å². The van der Waals surface area contributed by atoms with Gasteiger partial charge in [0.05, 0.1) is 4.88 Å². The van der Waals surface area contributed by atoms with Crippen LogP contribution < -0.4 is 4.74 Å². The van der Waals surface area contributed by atoms with Gasteiger partial charge >= 0.3 is 0 Å². The maximum absolute atomic E-state index is 12.9. The molecule has 1 aromatic carbocycles. The molecule has 0 fully saturated rings. The second-order valence-electron chi connectivity index (χ2n) is 3.07. The lowest BCUT2D eigenvalue weighted by Gasteiger charge is -2.02. The van der Waals surface area contributed by atoms with Crippen LogP contribution in [0.2, 0.25) is 0 Å². The number of hydrogen-bond acceptors (Lipinski definition) is 3. The minimum Gasteiger partial charge on any atom is -0.447 e. The van der Waals surface area contributed by atoms with Crippen LogP contribution in [0, 0.1) is 11.6 Å². The molecule has 2 aromatic rings. The molecule has 0 saturated carbocycles. The molecule has 0 spiro atoms. The minimum absolute atomic E-state index is 0.176. The van der Waals surface area contributed by atoms with E-state index in [0.717, 1.165) is 23.5 Å². The Morgan fingerprint density at radius 1 is 1.24 bits per heavy atom. The molecule has 0 unspecified atom stereocenters. The molecule has 0 atom stereocenters. The summed E-state index contributed by atoms with van der Waals surface area (Å²) in [5, 5.41) is 0.421. The van der Waals surface area contributed by atoms with Crippen molar-refractivity contribution in [1.82, 2.24) is 0 Å². The lowest BCUT2D eigenvalue weighted by molar-refractivity contribution is 0.112. The Balaban J connectivity index is 2.25. The van der Waals surface area contributed by atoms with Gasteiger partial charge in [0, 0.05) is 16.6 Å². The Morgan fingerprint density at radius 3 is 2.59 bits per heavy atom. The Kier molecular flexibility index (Phi) is 3.54. The number of carbonyl (C=O) groups is 1. The Hall–Kier alpha value is -1.27. The van der Waals surface area contributed by atoms with Gasteiger partial charge in [-0.05, 0) is 28.1 Å². The first-order chi connectivity index (χ1) is 8.10. The van der Waals surface area contributed by atoms with Crippen LogP contribution in [-0.4, -0.2) is 6.29 Å². The van der Waals surface area contributed by atoms with E-state index in [0.29, 0.717) is 20.7 Å². The lowest BCUT2D eigenvalue weighted by Crippen LogP contribution is -1.86. The molecule has 1 heterocycles. The maximum atomic E-state index is 12.9. The second kappa shape index (κ2) is 4.93. The van der Waals surface area contributed by atoms with Gasteiger partial charge in [-0.15, -0.1) is 0 Å². The number of carbonyl (C=O) groups excluding carboxylic acids is 1. The summed E-state index contributed by atoms with van der Waals surface area (Å²) in [6.45, 7) is 0. The first kappa shape index (κ1) is 12.2. The smallest absolute Gasteiger partial charge is 0.182 e. The summed E-state index contributed by atoms with van der Waals surface area (Å²) in [5.41, 5.74) is 0. The number of aldehydes is 1. The van der Waals surface area contributed by atoms with Crippen molar-refractivity contribution in [3.05, 3.63) is 45.2 Å². The minimum atomic E-state index is -0.978. The molecule has 0 N–H and O–H groups in total. The quantitative estimate of drug-likeness (QED) is 0.784. The van der Waals surface area contributed by atoms with E-state index in [4.69, 9.17) is 4.74 Å². The predicted octanol–water partition coefficient (Wildman–Crippen LogP) is 4.39. The van der Waals surface area contributed by atoms with E-state index < -0.39 is 11.6 Å². The molecule has 0 aliphatic carbocycles. The zero-order valence-corrected chi connectivity index (χ0v) is 10.6. The van der Waals surface area contributed by atoms with Crippen molar-refractivity contribution in [2.24, 2.45) is 0 Å². The van der Waals surface area contributed by atoms with Crippen LogP contribution in [0.3, 0.4) is 0 Å². The molecule has 6 heteroatoms. The van der Waals surface area contributed by atoms with Gasteiger partial charge in [-0.1, -0.05) is 11.3 Å². The Labute approximate surface area is 108 Å². The van der Waals surface area contributed by atoms with Gasteiger partial charge in [0.2, 0.25) is 0 Å². The van der Waals surface area contributed by atoms with E-state index in [9.17, 15) is 13.6 Å². The number of ether oxygens (including phenoxy) is 1. The molecule has 0 bridgehead atoms. The summed E-state index contributed by atoms with van der Waals surface area (Å²) in [6, 6.07) is 4.83. The molecule has 0 aliphatic rings. The van der Waals surface area contributed by atoms with Gasteiger partial charge in [0.1, 0.15) is 5.75 Å². The fraction of sp³-hybridized carbons (Fsp3) is 0. The van der Waals surface area contributed by atoms with Gasteiger partial charge in [0.25, 0.3) is 0 Å². The van der Waals surface area contributed by atoms with Crippen molar-refractivity contribution >= 4 is 33.6 Å². The van der Waals surface area contributed by atoms with Crippen LogP contribution in [0.1, 0.15) is 9.67 Å². The monoisotopic (exact) mass is 318 g/mol. The average Bonchev–Trinajstić information content (AvgIpc) is 2.64.